The van der Waals surface area contributed by atoms with Crippen LogP contribution in [-0.4, -0.2) is 60.2 Å². The fraction of sp³-hybridized carbons (Fsp3) is 0.381. The summed E-state index contributed by atoms with van der Waals surface area (Å²) in [6.45, 7) is 0.824. The van der Waals surface area contributed by atoms with Gasteiger partial charge in [0, 0.05) is 27.6 Å². The smallest absolute Gasteiger partial charge is 0.265 e. The minimum atomic E-state index is -4.07. The highest BCUT2D eigenvalue weighted by Gasteiger charge is 2.37. The highest BCUT2D eigenvalue weighted by atomic mass is 127. The van der Waals surface area contributed by atoms with Gasteiger partial charge in [-0.25, -0.2) is 0 Å². The van der Waals surface area contributed by atoms with Crippen molar-refractivity contribution in [3.8, 4) is 0 Å². The molecule has 2 aliphatic rings. The number of hydrogen-bond acceptors (Lipinski definition) is 7. The minimum Gasteiger partial charge on any atom is -0.358 e. The van der Waals surface area contributed by atoms with Crippen LogP contribution in [0.5, 0.6) is 0 Å². The van der Waals surface area contributed by atoms with E-state index in [1.807, 2.05) is 22.8 Å². The fourth-order valence-electron chi connectivity index (χ4n) is 4.06. The van der Waals surface area contributed by atoms with Crippen molar-refractivity contribution in [2.75, 3.05) is 18.1 Å². The molecule has 1 aromatic heterocycles. The molecule has 2 aromatic rings. The van der Waals surface area contributed by atoms with Crippen LogP contribution in [-0.2, 0) is 26.8 Å². The Hall–Kier alpha value is -0.680. The van der Waals surface area contributed by atoms with Crippen molar-refractivity contribution < 1.29 is 30.5 Å². The second-order valence-electron chi connectivity index (χ2n) is 8.14. The van der Waals surface area contributed by atoms with Gasteiger partial charge >= 0.3 is 0 Å². The lowest BCUT2D eigenvalue weighted by atomic mass is 10.1. The van der Waals surface area contributed by atoms with E-state index in [-0.39, 0.29) is 35.6 Å². The van der Waals surface area contributed by atoms with Crippen molar-refractivity contribution in [1.29, 1.82) is 0 Å². The van der Waals surface area contributed by atoms with E-state index in [2.05, 4.69) is 45.7 Å². The standard InChI is InChI=1S/C21H22ClIN2O6S4/c22-14-3-5-18-16(11-14)24(7-1-9-34(26,27)28)20(32-18)13-21-25(8-2-10-35(29,30)31)17-12-15(23)4-6-19(17)33-21/h3-6,11-13,17,19H,1-2,7-10H2,(H-,26,27,28,29,30,31)/p+1. The average molecular weight is 690 g/mol. The van der Waals surface area contributed by atoms with Crippen LogP contribution in [0.25, 0.3) is 16.3 Å². The van der Waals surface area contributed by atoms with Crippen LogP contribution in [0.3, 0.4) is 0 Å². The highest BCUT2D eigenvalue weighted by molar-refractivity contribution is 14.1. The SMILES string of the molecule is O=S(=O)(O)CCCN1/C(=C/c2sc3ccc(Cl)cc3[n+]2CCCS(=O)(=O)O)SC2C=CC(I)=CC21. The summed E-state index contributed by atoms with van der Waals surface area (Å²) in [5.74, 6) is -0.658. The summed E-state index contributed by atoms with van der Waals surface area (Å²) in [7, 11) is -8.12. The van der Waals surface area contributed by atoms with Gasteiger partial charge in [-0.15, -0.1) is 0 Å². The molecule has 2 heterocycles. The summed E-state index contributed by atoms with van der Waals surface area (Å²) >= 11 is 11.7. The van der Waals surface area contributed by atoms with E-state index in [1.54, 1.807) is 29.2 Å². The molecule has 1 fully saturated rings. The van der Waals surface area contributed by atoms with Crippen LogP contribution in [0.1, 0.15) is 17.8 Å². The van der Waals surface area contributed by atoms with E-state index in [9.17, 15) is 21.4 Å². The molecule has 190 valence electrons. The number of thiazole rings is 1. The summed E-state index contributed by atoms with van der Waals surface area (Å²) in [5.41, 5.74) is 0.873. The zero-order valence-electron chi connectivity index (χ0n) is 18.2. The molecule has 8 nitrogen and oxygen atoms in total. The Morgan fingerprint density at radius 2 is 1.86 bits per heavy atom. The normalized spacial score (nSPS) is 21.7. The van der Waals surface area contributed by atoms with Gasteiger partial charge in [0.2, 0.25) is 5.52 Å². The van der Waals surface area contributed by atoms with Crippen molar-refractivity contribution in [3.63, 3.8) is 0 Å². The number of allylic oxidation sites excluding steroid dienone is 2. The number of nitrogens with zero attached hydrogens (tertiary/aromatic N) is 2. The number of halogens is 2. The van der Waals surface area contributed by atoms with Gasteiger partial charge in [0.05, 0.1) is 33.9 Å². The van der Waals surface area contributed by atoms with Gasteiger partial charge in [-0.3, -0.25) is 9.11 Å². The summed E-state index contributed by atoms with van der Waals surface area (Å²) < 4.78 is 67.5. The lowest BCUT2D eigenvalue weighted by Gasteiger charge is -2.27. The predicted molar refractivity (Wildman–Crippen MR) is 150 cm³/mol. The first-order valence-electron chi connectivity index (χ1n) is 10.6. The Kier molecular flexibility index (Phi) is 8.58. The fourth-order valence-corrected chi connectivity index (χ4v) is 8.30. The van der Waals surface area contributed by atoms with Gasteiger partial charge in [-0.2, -0.15) is 21.4 Å². The van der Waals surface area contributed by atoms with Crippen molar-refractivity contribution in [2.24, 2.45) is 0 Å². The number of fused-ring (bicyclic) bond motifs is 2. The summed E-state index contributed by atoms with van der Waals surface area (Å²) in [6, 6.07) is 5.62. The monoisotopic (exact) mass is 689 g/mol. The molecule has 1 saturated heterocycles. The highest BCUT2D eigenvalue weighted by Crippen LogP contribution is 2.44. The topological polar surface area (TPSA) is 116 Å². The zero-order chi connectivity index (χ0) is 25.4. The van der Waals surface area contributed by atoms with Gasteiger partial charge in [-0.05, 0) is 47.2 Å². The molecule has 2 atom stereocenters. The number of aromatic nitrogens is 1. The molecule has 14 heteroatoms. The third-order valence-electron chi connectivity index (χ3n) is 5.54. The van der Waals surface area contributed by atoms with Crippen molar-refractivity contribution in [1.82, 2.24) is 4.90 Å². The molecular weight excluding hydrogens is 667 g/mol. The number of rotatable bonds is 9. The third kappa shape index (κ3) is 7.21. The molecule has 0 spiro atoms. The molecule has 0 saturated carbocycles. The van der Waals surface area contributed by atoms with Crippen LogP contribution in [0.2, 0.25) is 5.02 Å². The Labute approximate surface area is 231 Å². The number of benzene rings is 1. The van der Waals surface area contributed by atoms with Crippen molar-refractivity contribution in [3.05, 3.63) is 55.1 Å². The molecule has 4 rings (SSSR count). The van der Waals surface area contributed by atoms with Gasteiger partial charge < -0.3 is 4.90 Å². The number of aryl methyl sites for hydroxylation is 1. The predicted octanol–water partition coefficient (Wildman–Crippen LogP) is 4.37. The first-order chi connectivity index (χ1) is 16.4. The van der Waals surface area contributed by atoms with Crippen LogP contribution < -0.4 is 4.57 Å². The Morgan fingerprint density at radius 1 is 1.14 bits per heavy atom. The number of hydrogen-bond donors (Lipinski definition) is 2. The van der Waals surface area contributed by atoms with E-state index in [0.29, 0.717) is 18.1 Å². The molecule has 0 radical (unpaired) electrons. The van der Waals surface area contributed by atoms with Crippen LogP contribution in [0.4, 0.5) is 0 Å². The maximum absolute atomic E-state index is 11.3. The zero-order valence-corrected chi connectivity index (χ0v) is 24.4. The molecule has 0 amide bonds. The largest absolute Gasteiger partial charge is 0.358 e. The average Bonchev–Trinajstić information content (AvgIpc) is 3.24. The van der Waals surface area contributed by atoms with Gasteiger partial charge in [0.15, 0.2) is 6.54 Å². The van der Waals surface area contributed by atoms with E-state index in [0.717, 1.165) is 23.8 Å². The molecular formula is C21H23ClIN2O6S4+. The van der Waals surface area contributed by atoms with Gasteiger partial charge in [0.25, 0.3) is 25.2 Å². The molecule has 1 aromatic carbocycles. The molecule has 2 unspecified atom stereocenters. The molecule has 35 heavy (non-hydrogen) atoms. The van der Waals surface area contributed by atoms with E-state index in [4.69, 9.17) is 16.2 Å². The second-order valence-corrected chi connectivity index (χ2v) is 15.2. The lowest BCUT2D eigenvalue weighted by Crippen LogP contribution is -2.37. The first kappa shape index (κ1) is 27.4. The molecule has 0 bridgehead atoms. The van der Waals surface area contributed by atoms with Crippen LogP contribution in [0.15, 0.2) is 45.0 Å². The van der Waals surface area contributed by atoms with Crippen molar-refractivity contribution >= 4 is 93.8 Å². The molecule has 1 aliphatic carbocycles. The second kappa shape index (κ2) is 11.0. The van der Waals surface area contributed by atoms with Gasteiger partial charge in [0.1, 0.15) is 4.70 Å². The Morgan fingerprint density at radius 3 is 2.57 bits per heavy atom. The molecule has 2 N–H and O–H groups in total. The quantitative estimate of drug-likeness (QED) is 0.227. The summed E-state index contributed by atoms with van der Waals surface area (Å²) in [4.78, 5) is 2.16. The summed E-state index contributed by atoms with van der Waals surface area (Å²) in [6.07, 6.45) is 8.90. The molecule has 1 aliphatic heterocycles. The van der Waals surface area contributed by atoms with Crippen molar-refractivity contribution in [2.45, 2.75) is 30.7 Å². The van der Waals surface area contributed by atoms with E-state index < -0.39 is 20.2 Å². The number of thioether (sulfide) groups is 1. The van der Waals surface area contributed by atoms with E-state index in [1.165, 1.54) is 0 Å². The van der Waals surface area contributed by atoms with Crippen LogP contribution in [0, 0.1) is 0 Å². The maximum atomic E-state index is 11.3. The summed E-state index contributed by atoms with van der Waals surface area (Å²) in [5, 5.41) is 2.59. The maximum Gasteiger partial charge on any atom is 0.265 e. The van der Waals surface area contributed by atoms with Crippen LogP contribution >= 0.6 is 57.3 Å². The van der Waals surface area contributed by atoms with Gasteiger partial charge in [-0.1, -0.05) is 46.9 Å². The Balaban J connectivity index is 1.70. The minimum absolute atomic E-state index is 0.0568. The third-order valence-corrected chi connectivity index (χ3v) is 10.5. The van der Waals surface area contributed by atoms with E-state index >= 15 is 0 Å². The first-order valence-corrected chi connectivity index (χ1v) is 17.0. The Bertz CT molecular complexity index is 1440. The lowest BCUT2D eigenvalue weighted by molar-refractivity contribution is -0.668.